The number of nitrogens with zero attached hydrogens (tertiary/aromatic N) is 8. The molecule has 4 aromatic carbocycles. The van der Waals surface area contributed by atoms with Gasteiger partial charge < -0.3 is 19.3 Å². The van der Waals surface area contributed by atoms with E-state index >= 15 is 0 Å². The van der Waals surface area contributed by atoms with Gasteiger partial charge in [0.15, 0.2) is 11.6 Å². The van der Waals surface area contributed by atoms with Gasteiger partial charge in [0.05, 0.1) is 23.7 Å². The maximum atomic E-state index is 9.55. The van der Waals surface area contributed by atoms with E-state index in [4.69, 9.17) is 10.2 Å². The van der Waals surface area contributed by atoms with E-state index in [1.165, 1.54) is 0 Å². The van der Waals surface area contributed by atoms with E-state index in [-0.39, 0.29) is 0 Å². The highest BCUT2D eigenvalue weighted by molar-refractivity contribution is 5.89. The summed E-state index contributed by atoms with van der Waals surface area (Å²) in [5.41, 5.74) is 6.03. The molecule has 0 aliphatic heterocycles. The number of aromatic nitrogens is 8. The van der Waals surface area contributed by atoms with Gasteiger partial charge in [-0.05, 0) is 36.4 Å². The lowest BCUT2D eigenvalue weighted by molar-refractivity contribution is -0.134. The Morgan fingerprint density at radius 3 is 1.34 bits per heavy atom. The molecular formula is C38H28N8O4. The molecule has 0 saturated carbocycles. The maximum Gasteiger partial charge on any atom is 0.328 e. The molecule has 0 fully saturated rings. The highest BCUT2D eigenvalue weighted by atomic mass is 16.4. The van der Waals surface area contributed by atoms with Crippen LogP contribution in [0, 0.1) is 0 Å². The molecule has 8 aromatic rings. The minimum Gasteiger partial charge on any atom is -0.478 e. The Bertz CT molecular complexity index is 2210. The number of carboxylic acid groups (broad SMARTS) is 2. The smallest absolute Gasteiger partial charge is 0.328 e. The number of benzene rings is 4. The van der Waals surface area contributed by atoms with Crippen molar-refractivity contribution < 1.29 is 19.8 Å². The standard InChI is InChI=1S/2C17H12N4.C4H4O4/c2*1-2-4-13(5-3-1)17-19-11-14-10-15(6-7-16(14)20-17)21-9-8-18-12-21;5-3(6)1-2-4(7)8/h2*1-12H;1-2H,(H,5,6)(H,7,8)/b;;2-1+. The summed E-state index contributed by atoms with van der Waals surface area (Å²) in [4.78, 5) is 45.4. The molecule has 4 aromatic heterocycles. The number of hydrogen-bond donors (Lipinski definition) is 2. The van der Waals surface area contributed by atoms with Crippen LogP contribution in [0.4, 0.5) is 0 Å². The van der Waals surface area contributed by atoms with Crippen molar-refractivity contribution in [1.82, 2.24) is 39.0 Å². The molecule has 0 spiro atoms. The van der Waals surface area contributed by atoms with Crippen LogP contribution < -0.4 is 0 Å². The van der Waals surface area contributed by atoms with E-state index in [1.807, 2.05) is 119 Å². The van der Waals surface area contributed by atoms with E-state index in [0.29, 0.717) is 12.2 Å². The van der Waals surface area contributed by atoms with Crippen molar-refractivity contribution in [3.63, 3.8) is 0 Å². The van der Waals surface area contributed by atoms with Gasteiger partial charge in [-0.2, -0.15) is 0 Å². The zero-order valence-corrected chi connectivity index (χ0v) is 26.3. The average Bonchev–Trinajstić information content (AvgIpc) is 3.91. The maximum absolute atomic E-state index is 9.55. The first-order valence-corrected chi connectivity index (χ1v) is 15.2. The van der Waals surface area contributed by atoms with Crippen molar-refractivity contribution in [2.75, 3.05) is 0 Å². The second kappa shape index (κ2) is 15.5. The van der Waals surface area contributed by atoms with Crippen LogP contribution in [0.15, 0.2) is 159 Å². The SMILES string of the molecule is O=C(O)/C=C/C(=O)O.c1ccc(-c2ncc3cc(-n4ccnc4)ccc3n2)cc1.c1ccc(-c2ncc3cc(-n4ccnc4)ccc3n2)cc1. The van der Waals surface area contributed by atoms with Gasteiger partial charge >= 0.3 is 11.9 Å². The molecule has 244 valence electrons. The van der Waals surface area contributed by atoms with Gasteiger partial charge in [-0.1, -0.05) is 60.7 Å². The second-order valence-corrected chi connectivity index (χ2v) is 10.6. The largest absolute Gasteiger partial charge is 0.478 e. The van der Waals surface area contributed by atoms with Crippen molar-refractivity contribution >= 4 is 33.7 Å². The fourth-order valence-electron chi connectivity index (χ4n) is 4.78. The van der Waals surface area contributed by atoms with Crippen molar-refractivity contribution in [3.05, 3.63) is 159 Å². The summed E-state index contributed by atoms with van der Waals surface area (Å²) < 4.78 is 3.93. The predicted molar refractivity (Wildman–Crippen MR) is 189 cm³/mol. The van der Waals surface area contributed by atoms with E-state index < -0.39 is 11.9 Å². The first-order valence-electron chi connectivity index (χ1n) is 15.2. The first-order chi connectivity index (χ1) is 24.4. The molecule has 0 radical (unpaired) electrons. The number of carbonyl (C=O) groups is 2. The monoisotopic (exact) mass is 660 g/mol. The number of imidazole rings is 2. The van der Waals surface area contributed by atoms with E-state index in [0.717, 1.165) is 56.0 Å². The van der Waals surface area contributed by atoms with Crippen LogP contribution in [0.1, 0.15) is 0 Å². The fourth-order valence-corrected chi connectivity index (χ4v) is 4.78. The molecule has 0 aliphatic carbocycles. The van der Waals surface area contributed by atoms with Gasteiger partial charge in [0.25, 0.3) is 0 Å². The Hall–Kier alpha value is -7.34. The number of fused-ring (bicyclic) bond motifs is 2. The van der Waals surface area contributed by atoms with E-state index in [1.54, 1.807) is 25.0 Å². The summed E-state index contributed by atoms with van der Waals surface area (Å²) in [5, 5.41) is 17.7. The summed E-state index contributed by atoms with van der Waals surface area (Å²) in [6, 6.07) is 32.2. The summed E-state index contributed by atoms with van der Waals surface area (Å²) in [7, 11) is 0. The lowest BCUT2D eigenvalue weighted by atomic mass is 10.2. The Labute approximate surface area is 285 Å². The van der Waals surface area contributed by atoms with Crippen LogP contribution in [-0.2, 0) is 9.59 Å². The molecule has 12 nitrogen and oxygen atoms in total. The summed E-state index contributed by atoms with van der Waals surface area (Å²) in [6.07, 6.45) is 15.8. The Morgan fingerprint density at radius 2 is 0.980 bits per heavy atom. The molecule has 0 aliphatic rings. The number of aliphatic carboxylic acids is 2. The van der Waals surface area contributed by atoms with Crippen LogP contribution in [0.25, 0.3) is 56.0 Å². The zero-order valence-electron chi connectivity index (χ0n) is 26.3. The predicted octanol–water partition coefficient (Wildman–Crippen LogP) is 6.68. The molecular weight excluding hydrogens is 632 g/mol. The van der Waals surface area contributed by atoms with Gasteiger partial charge in [0.1, 0.15) is 0 Å². The van der Waals surface area contributed by atoms with Crippen LogP contribution >= 0.6 is 0 Å². The van der Waals surface area contributed by atoms with Crippen molar-refractivity contribution in [1.29, 1.82) is 0 Å². The number of carboxylic acids is 2. The zero-order chi connectivity index (χ0) is 34.7. The quantitative estimate of drug-likeness (QED) is 0.184. The van der Waals surface area contributed by atoms with Crippen molar-refractivity contribution in [2.45, 2.75) is 0 Å². The molecule has 0 unspecified atom stereocenters. The van der Waals surface area contributed by atoms with Crippen molar-refractivity contribution in [3.8, 4) is 34.2 Å². The molecule has 4 heterocycles. The van der Waals surface area contributed by atoms with Crippen LogP contribution in [0.3, 0.4) is 0 Å². The number of rotatable bonds is 6. The highest BCUT2D eigenvalue weighted by Crippen LogP contribution is 2.22. The Kier molecular flexibility index (Phi) is 10.1. The minimum absolute atomic E-state index is 0.558. The fraction of sp³-hybridized carbons (Fsp3) is 0. The number of hydrogen-bond acceptors (Lipinski definition) is 8. The Morgan fingerprint density at radius 1 is 0.560 bits per heavy atom. The van der Waals surface area contributed by atoms with Crippen LogP contribution in [0.5, 0.6) is 0 Å². The van der Waals surface area contributed by atoms with Crippen LogP contribution in [0.2, 0.25) is 0 Å². The molecule has 0 atom stereocenters. The second-order valence-electron chi connectivity index (χ2n) is 10.6. The molecule has 0 saturated heterocycles. The summed E-state index contributed by atoms with van der Waals surface area (Å²) in [5.74, 6) is -1.02. The average molecular weight is 661 g/mol. The first kappa shape index (κ1) is 32.6. The van der Waals surface area contributed by atoms with E-state index in [2.05, 4.69) is 42.0 Å². The molecule has 2 N–H and O–H groups in total. The third-order valence-electron chi connectivity index (χ3n) is 7.16. The molecule has 12 heteroatoms. The molecule has 0 amide bonds. The molecule has 0 bridgehead atoms. The summed E-state index contributed by atoms with van der Waals surface area (Å²) >= 11 is 0. The Balaban J connectivity index is 0.000000143. The minimum atomic E-state index is -1.26. The van der Waals surface area contributed by atoms with Gasteiger partial charge in [-0.15, -0.1) is 0 Å². The van der Waals surface area contributed by atoms with Gasteiger partial charge in [-0.3, -0.25) is 0 Å². The van der Waals surface area contributed by atoms with E-state index in [9.17, 15) is 9.59 Å². The highest BCUT2D eigenvalue weighted by Gasteiger charge is 2.06. The third kappa shape index (κ3) is 8.32. The lowest BCUT2D eigenvalue weighted by Crippen LogP contribution is -1.93. The third-order valence-corrected chi connectivity index (χ3v) is 7.16. The van der Waals surface area contributed by atoms with Crippen molar-refractivity contribution in [2.24, 2.45) is 0 Å². The summed E-state index contributed by atoms with van der Waals surface area (Å²) in [6.45, 7) is 0. The van der Waals surface area contributed by atoms with Gasteiger partial charge in [0, 0.05) is 82.6 Å². The lowest BCUT2D eigenvalue weighted by Gasteiger charge is -2.05. The van der Waals surface area contributed by atoms with Gasteiger partial charge in [0.2, 0.25) is 0 Å². The molecule has 50 heavy (non-hydrogen) atoms. The van der Waals surface area contributed by atoms with Gasteiger partial charge in [-0.25, -0.2) is 39.5 Å². The molecule has 8 rings (SSSR count). The topological polar surface area (TPSA) is 162 Å². The normalized spacial score (nSPS) is 10.6. The van der Waals surface area contributed by atoms with Crippen LogP contribution in [-0.4, -0.2) is 61.2 Å².